The topological polar surface area (TPSA) is 48.7 Å². The van der Waals surface area contributed by atoms with Gasteiger partial charge >= 0.3 is 0 Å². The molecule has 0 aliphatic carbocycles. The van der Waals surface area contributed by atoms with E-state index in [1.807, 2.05) is 6.92 Å². The average Bonchev–Trinajstić information content (AvgIpc) is 2.65. The predicted molar refractivity (Wildman–Crippen MR) is 67.3 cm³/mol. The van der Waals surface area contributed by atoms with Gasteiger partial charge in [-0.3, -0.25) is 0 Å². The standard InChI is InChI=1S/C12H19N3S/c1-10-9-16-11(15-10)12(2,3)14-8-6-4-5-7-13/h9,14H,4-6,8H2,1-3H3. The lowest BCUT2D eigenvalue weighted by Crippen LogP contribution is -2.37. The van der Waals surface area contributed by atoms with Crippen molar-refractivity contribution < 1.29 is 0 Å². The highest BCUT2D eigenvalue weighted by Crippen LogP contribution is 2.23. The molecule has 4 heteroatoms. The Bertz CT molecular complexity index is 363. The molecule has 3 nitrogen and oxygen atoms in total. The van der Waals surface area contributed by atoms with Crippen LogP contribution in [0.25, 0.3) is 0 Å². The van der Waals surface area contributed by atoms with E-state index in [-0.39, 0.29) is 5.54 Å². The van der Waals surface area contributed by atoms with Crippen LogP contribution in [0.3, 0.4) is 0 Å². The van der Waals surface area contributed by atoms with Crippen LogP contribution in [0.5, 0.6) is 0 Å². The van der Waals surface area contributed by atoms with Crippen LogP contribution in [0, 0.1) is 18.3 Å². The van der Waals surface area contributed by atoms with E-state index in [2.05, 4.69) is 35.6 Å². The number of nitriles is 1. The minimum Gasteiger partial charge on any atom is -0.306 e. The highest BCUT2D eigenvalue weighted by Gasteiger charge is 2.22. The third kappa shape index (κ3) is 3.92. The highest BCUT2D eigenvalue weighted by molar-refractivity contribution is 7.09. The van der Waals surface area contributed by atoms with Crippen LogP contribution in [0.4, 0.5) is 0 Å². The van der Waals surface area contributed by atoms with Gasteiger partial charge in [-0.05, 0) is 40.2 Å². The minimum absolute atomic E-state index is 0.0639. The fourth-order valence-electron chi connectivity index (χ4n) is 1.45. The molecule has 0 unspecified atom stereocenters. The summed E-state index contributed by atoms with van der Waals surface area (Å²) in [5.41, 5.74) is 1.02. The van der Waals surface area contributed by atoms with E-state index in [4.69, 9.17) is 5.26 Å². The Labute approximate surface area is 102 Å². The maximum absolute atomic E-state index is 8.43. The normalized spacial score (nSPS) is 11.4. The summed E-state index contributed by atoms with van der Waals surface area (Å²) >= 11 is 1.70. The molecule has 0 aliphatic heterocycles. The molecule has 0 spiro atoms. The number of unbranched alkanes of at least 4 members (excludes halogenated alkanes) is 2. The molecule has 1 aromatic heterocycles. The van der Waals surface area contributed by atoms with Crippen molar-refractivity contribution in [2.24, 2.45) is 0 Å². The molecule has 0 aliphatic rings. The first-order valence-electron chi connectivity index (χ1n) is 5.61. The van der Waals surface area contributed by atoms with Gasteiger partial charge in [-0.15, -0.1) is 11.3 Å². The third-order valence-electron chi connectivity index (χ3n) is 2.44. The molecular weight excluding hydrogens is 218 g/mol. The molecule has 1 aromatic rings. The van der Waals surface area contributed by atoms with Gasteiger partial charge in [0.05, 0.1) is 11.6 Å². The van der Waals surface area contributed by atoms with Crippen molar-refractivity contribution >= 4 is 11.3 Å². The molecule has 16 heavy (non-hydrogen) atoms. The first-order valence-corrected chi connectivity index (χ1v) is 6.49. The van der Waals surface area contributed by atoms with E-state index in [1.54, 1.807) is 11.3 Å². The quantitative estimate of drug-likeness (QED) is 0.774. The lowest BCUT2D eigenvalue weighted by atomic mass is 10.1. The summed E-state index contributed by atoms with van der Waals surface area (Å²) in [5.74, 6) is 0. The summed E-state index contributed by atoms with van der Waals surface area (Å²) in [4.78, 5) is 4.50. The zero-order valence-corrected chi connectivity index (χ0v) is 11.0. The number of thiazole rings is 1. The van der Waals surface area contributed by atoms with E-state index < -0.39 is 0 Å². The Balaban J connectivity index is 2.37. The number of rotatable bonds is 6. The first-order chi connectivity index (χ1) is 7.56. The summed E-state index contributed by atoms with van der Waals surface area (Å²) in [6.07, 6.45) is 2.66. The number of nitrogens with zero attached hydrogens (tertiary/aromatic N) is 2. The zero-order valence-electron chi connectivity index (χ0n) is 10.2. The SMILES string of the molecule is Cc1csc(C(C)(C)NCCCCC#N)n1. The fourth-order valence-corrected chi connectivity index (χ4v) is 2.34. The summed E-state index contributed by atoms with van der Waals surface area (Å²) in [6.45, 7) is 7.25. The molecular formula is C12H19N3S. The van der Waals surface area contributed by atoms with Crippen molar-refractivity contribution in [2.75, 3.05) is 6.54 Å². The summed E-state index contributed by atoms with van der Waals surface area (Å²) in [7, 11) is 0. The minimum atomic E-state index is -0.0639. The number of aryl methyl sites for hydroxylation is 1. The zero-order chi connectivity index (χ0) is 12.0. The van der Waals surface area contributed by atoms with Crippen molar-refractivity contribution in [2.45, 2.75) is 45.6 Å². The first kappa shape index (κ1) is 13.1. The second-order valence-electron chi connectivity index (χ2n) is 4.46. The molecule has 1 heterocycles. The molecule has 0 amide bonds. The van der Waals surface area contributed by atoms with Crippen LogP contribution in [-0.2, 0) is 5.54 Å². The van der Waals surface area contributed by atoms with Crippen molar-refractivity contribution in [1.29, 1.82) is 5.26 Å². The van der Waals surface area contributed by atoms with Crippen molar-refractivity contribution in [1.82, 2.24) is 10.3 Å². The van der Waals surface area contributed by atoms with Crippen molar-refractivity contribution in [3.05, 3.63) is 16.1 Å². The Morgan fingerprint density at radius 1 is 1.50 bits per heavy atom. The molecule has 0 saturated heterocycles. The smallest absolute Gasteiger partial charge is 0.112 e. The van der Waals surface area contributed by atoms with Gasteiger partial charge in [0.25, 0.3) is 0 Å². The van der Waals surface area contributed by atoms with Gasteiger partial charge in [0.2, 0.25) is 0 Å². The molecule has 0 saturated carbocycles. The van der Waals surface area contributed by atoms with Crippen LogP contribution in [0.15, 0.2) is 5.38 Å². The van der Waals surface area contributed by atoms with Gasteiger partial charge in [-0.25, -0.2) is 4.98 Å². The molecule has 1 N–H and O–H groups in total. The van der Waals surface area contributed by atoms with Crippen molar-refractivity contribution in [3.63, 3.8) is 0 Å². The van der Waals surface area contributed by atoms with Gasteiger partial charge in [0, 0.05) is 17.5 Å². The maximum Gasteiger partial charge on any atom is 0.112 e. The lowest BCUT2D eigenvalue weighted by molar-refractivity contribution is 0.395. The van der Waals surface area contributed by atoms with Gasteiger partial charge in [0.15, 0.2) is 0 Å². The molecule has 0 aromatic carbocycles. The Morgan fingerprint density at radius 2 is 2.25 bits per heavy atom. The van der Waals surface area contributed by atoms with Gasteiger partial charge in [0.1, 0.15) is 5.01 Å². The van der Waals surface area contributed by atoms with E-state index >= 15 is 0 Å². The molecule has 0 atom stereocenters. The second kappa shape index (κ2) is 5.97. The summed E-state index contributed by atoms with van der Waals surface area (Å²) in [5, 5.41) is 15.1. The van der Waals surface area contributed by atoms with Gasteiger partial charge in [-0.2, -0.15) is 5.26 Å². The third-order valence-corrected chi connectivity index (χ3v) is 3.72. The van der Waals surface area contributed by atoms with Crippen LogP contribution in [0.1, 0.15) is 43.8 Å². The van der Waals surface area contributed by atoms with Crippen LogP contribution in [-0.4, -0.2) is 11.5 Å². The van der Waals surface area contributed by atoms with E-state index in [1.165, 1.54) is 0 Å². The van der Waals surface area contributed by atoms with Gasteiger partial charge in [-0.1, -0.05) is 0 Å². The van der Waals surface area contributed by atoms with Gasteiger partial charge < -0.3 is 5.32 Å². The Hall–Kier alpha value is -0.920. The molecule has 0 bridgehead atoms. The predicted octanol–water partition coefficient (Wildman–Crippen LogP) is 2.97. The maximum atomic E-state index is 8.43. The second-order valence-corrected chi connectivity index (χ2v) is 5.32. The van der Waals surface area contributed by atoms with Crippen LogP contribution >= 0.6 is 11.3 Å². The largest absolute Gasteiger partial charge is 0.306 e. The van der Waals surface area contributed by atoms with E-state index in [0.717, 1.165) is 30.1 Å². The molecule has 88 valence electrons. The Kier molecular flexibility index (Phi) is 4.91. The van der Waals surface area contributed by atoms with E-state index in [0.29, 0.717) is 6.42 Å². The molecule has 0 radical (unpaired) electrons. The molecule has 1 rings (SSSR count). The average molecular weight is 237 g/mol. The summed E-state index contributed by atoms with van der Waals surface area (Å²) < 4.78 is 0. The fraction of sp³-hybridized carbons (Fsp3) is 0.667. The van der Waals surface area contributed by atoms with Crippen LogP contribution in [0.2, 0.25) is 0 Å². The van der Waals surface area contributed by atoms with Crippen molar-refractivity contribution in [3.8, 4) is 6.07 Å². The highest BCUT2D eigenvalue weighted by atomic mass is 32.1. The number of aromatic nitrogens is 1. The monoisotopic (exact) mass is 237 g/mol. The number of hydrogen-bond acceptors (Lipinski definition) is 4. The summed E-state index contributed by atoms with van der Waals surface area (Å²) in [6, 6.07) is 2.16. The van der Waals surface area contributed by atoms with E-state index in [9.17, 15) is 0 Å². The lowest BCUT2D eigenvalue weighted by Gasteiger charge is -2.23. The number of nitrogens with one attached hydrogen (secondary N) is 1. The molecule has 0 fully saturated rings. The Morgan fingerprint density at radius 3 is 2.81 bits per heavy atom. The van der Waals surface area contributed by atoms with Crippen LogP contribution < -0.4 is 5.32 Å². The number of hydrogen-bond donors (Lipinski definition) is 1.